The van der Waals surface area contributed by atoms with Gasteiger partial charge >= 0.3 is 5.97 Å². The minimum absolute atomic E-state index is 0.0289. The molecule has 0 aliphatic carbocycles. The monoisotopic (exact) mass is 602 g/mol. The van der Waals surface area contributed by atoms with E-state index < -0.39 is 41.2 Å². The van der Waals surface area contributed by atoms with E-state index in [0.29, 0.717) is 5.69 Å². The van der Waals surface area contributed by atoms with E-state index >= 15 is 0 Å². The standard InChI is InChI=1S/C23H21Cl2IN2O5/c1-10(2)9-23(22(32)33)17-16(18(27-23)14-7-11(24)8-15(25)19(14)29)20(30)28(21(17)31)13-5-3-12(26)4-6-13/h3-8,10,16-18,27,29H,9H2,1-2H3,(H,32,33)/t16-,17-,18+,23-/m0/s1. The number of carbonyl (C=O) groups excluding carboxylic acids is 2. The van der Waals surface area contributed by atoms with Gasteiger partial charge < -0.3 is 10.2 Å². The van der Waals surface area contributed by atoms with E-state index in [1.165, 1.54) is 12.1 Å². The number of aliphatic carboxylic acids is 1. The first-order valence-corrected chi connectivity index (χ1v) is 12.1. The summed E-state index contributed by atoms with van der Waals surface area (Å²) >= 11 is 14.4. The Morgan fingerprint density at radius 2 is 1.82 bits per heavy atom. The Labute approximate surface area is 214 Å². The van der Waals surface area contributed by atoms with Gasteiger partial charge in [0.1, 0.15) is 11.3 Å². The zero-order valence-corrected chi connectivity index (χ0v) is 21.4. The van der Waals surface area contributed by atoms with E-state index in [9.17, 15) is 24.6 Å². The summed E-state index contributed by atoms with van der Waals surface area (Å²) in [4.78, 5) is 41.1. The zero-order valence-electron chi connectivity index (χ0n) is 17.7. The molecule has 2 saturated heterocycles. The summed E-state index contributed by atoms with van der Waals surface area (Å²) < 4.78 is 0.924. The van der Waals surface area contributed by atoms with Gasteiger partial charge in [-0.25, -0.2) is 4.90 Å². The molecule has 0 saturated carbocycles. The molecular weight excluding hydrogens is 582 g/mol. The number of aromatic hydroxyl groups is 1. The molecule has 0 radical (unpaired) electrons. The lowest BCUT2D eigenvalue weighted by Gasteiger charge is -2.32. The van der Waals surface area contributed by atoms with Gasteiger partial charge in [-0.05, 0) is 71.3 Å². The van der Waals surface area contributed by atoms with Crippen LogP contribution in [0.15, 0.2) is 36.4 Å². The highest BCUT2D eigenvalue weighted by Gasteiger charge is 2.69. The number of hydrogen-bond acceptors (Lipinski definition) is 5. The number of imide groups is 1. The average molecular weight is 603 g/mol. The van der Waals surface area contributed by atoms with Crippen LogP contribution >= 0.6 is 45.8 Å². The molecule has 0 bridgehead atoms. The number of nitrogens with one attached hydrogen (secondary N) is 1. The summed E-state index contributed by atoms with van der Waals surface area (Å²) in [5, 5.41) is 24.2. The van der Waals surface area contributed by atoms with Crippen LogP contribution in [-0.2, 0) is 14.4 Å². The Bertz CT molecular complexity index is 1160. The first-order valence-electron chi connectivity index (χ1n) is 10.3. The van der Waals surface area contributed by atoms with Crippen LogP contribution in [0, 0.1) is 21.3 Å². The number of fused-ring (bicyclic) bond motifs is 1. The minimum atomic E-state index is -1.71. The molecule has 2 fully saturated rings. The van der Waals surface area contributed by atoms with Crippen molar-refractivity contribution in [2.24, 2.45) is 17.8 Å². The van der Waals surface area contributed by atoms with Gasteiger partial charge in [-0.2, -0.15) is 0 Å². The highest BCUT2D eigenvalue weighted by Crippen LogP contribution is 2.53. The van der Waals surface area contributed by atoms with Crippen molar-refractivity contribution in [2.45, 2.75) is 31.8 Å². The Morgan fingerprint density at radius 3 is 2.39 bits per heavy atom. The zero-order chi connectivity index (χ0) is 24.2. The molecule has 33 heavy (non-hydrogen) atoms. The van der Waals surface area contributed by atoms with Crippen molar-refractivity contribution >= 4 is 69.3 Å². The maximum Gasteiger partial charge on any atom is 0.324 e. The van der Waals surface area contributed by atoms with Gasteiger partial charge in [-0.15, -0.1) is 0 Å². The van der Waals surface area contributed by atoms with Crippen LogP contribution < -0.4 is 10.2 Å². The van der Waals surface area contributed by atoms with Gasteiger partial charge in [0.15, 0.2) is 0 Å². The SMILES string of the molecule is CC(C)C[C@]1(C(=O)O)N[C@H](c2cc(Cl)cc(Cl)c2O)[C@H]2C(=O)N(c3ccc(I)cc3)C(=O)[C@H]21. The number of nitrogens with zero attached hydrogens (tertiary/aromatic N) is 1. The number of carbonyl (C=O) groups is 3. The Kier molecular flexibility index (Phi) is 6.41. The second-order valence-electron chi connectivity index (χ2n) is 8.81. The predicted octanol–water partition coefficient (Wildman–Crippen LogP) is 4.62. The van der Waals surface area contributed by atoms with Crippen LogP contribution in [0.3, 0.4) is 0 Å². The third-order valence-corrected chi connectivity index (χ3v) is 7.47. The molecule has 0 aromatic heterocycles. The summed E-state index contributed by atoms with van der Waals surface area (Å²) in [6.07, 6.45) is 0.106. The van der Waals surface area contributed by atoms with Crippen molar-refractivity contribution in [1.29, 1.82) is 0 Å². The van der Waals surface area contributed by atoms with Gasteiger partial charge in [0.2, 0.25) is 11.8 Å². The van der Waals surface area contributed by atoms with Crippen LogP contribution in [0.4, 0.5) is 5.69 Å². The topological polar surface area (TPSA) is 107 Å². The predicted molar refractivity (Wildman–Crippen MR) is 132 cm³/mol. The lowest BCUT2D eigenvalue weighted by Crippen LogP contribution is -2.56. The molecule has 10 heteroatoms. The molecule has 2 heterocycles. The first kappa shape index (κ1) is 24.3. The number of halogens is 3. The number of rotatable bonds is 5. The molecule has 2 amide bonds. The van der Waals surface area contributed by atoms with E-state index in [1.807, 2.05) is 13.8 Å². The van der Waals surface area contributed by atoms with Gasteiger partial charge in [-0.1, -0.05) is 37.0 Å². The average Bonchev–Trinajstić information content (AvgIpc) is 3.20. The fraction of sp³-hybridized carbons (Fsp3) is 0.348. The van der Waals surface area contributed by atoms with Crippen LogP contribution in [-0.4, -0.2) is 33.5 Å². The Hall–Kier alpha value is -1.88. The minimum Gasteiger partial charge on any atom is -0.506 e. The van der Waals surface area contributed by atoms with Crippen LogP contribution in [0.1, 0.15) is 31.9 Å². The number of carboxylic acid groups (broad SMARTS) is 1. The van der Waals surface area contributed by atoms with Crippen LogP contribution in [0.5, 0.6) is 5.75 Å². The molecular formula is C23H21Cl2IN2O5. The summed E-state index contributed by atoms with van der Waals surface area (Å²) in [5.41, 5.74) is -1.16. The second-order valence-corrected chi connectivity index (χ2v) is 10.9. The molecule has 2 aromatic carbocycles. The fourth-order valence-electron chi connectivity index (χ4n) is 5.05. The van der Waals surface area contributed by atoms with E-state index in [-0.39, 0.29) is 33.7 Å². The summed E-state index contributed by atoms with van der Waals surface area (Å²) in [7, 11) is 0. The van der Waals surface area contributed by atoms with Crippen molar-refractivity contribution < 1.29 is 24.6 Å². The van der Waals surface area contributed by atoms with Gasteiger partial charge in [-0.3, -0.25) is 19.7 Å². The van der Waals surface area contributed by atoms with Crippen molar-refractivity contribution in [2.75, 3.05) is 4.90 Å². The highest BCUT2D eigenvalue weighted by atomic mass is 127. The molecule has 2 aliphatic rings. The quantitative estimate of drug-likeness (QED) is 0.340. The number of amides is 2. The number of phenols is 1. The number of carboxylic acids is 1. The van der Waals surface area contributed by atoms with Gasteiger partial charge in [0.05, 0.1) is 22.5 Å². The van der Waals surface area contributed by atoms with Gasteiger partial charge in [0, 0.05) is 20.2 Å². The van der Waals surface area contributed by atoms with Crippen molar-refractivity contribution in [3.05, 3.63) is 55.6 Å². The third kappa shape index (κ3) is 3.90. The van der Waals surface area contributed by atoms with Crippen LogP contribution in [0.2, 0.25) is 10.0 Å². The fourth-order valence-corrected chi connectivity index (χ4v) is 5.92. The second kappa shape index (κ2) is 8.72. The lowest BCUT2D eigenvalue weighted by atomic mass is 9.75. The molecule has 0 unspecified atom stereocenters. The number of benzene rings is 2. The summed E-state index contributed by atoms with van der Waals surface area (Å²) in [6, 6.07) is 8.65. The maximum atomic E-state index is 13.7. The number of anilines is 1. The number of hydrogen-bond donors (Lipinski definition) is 3. The summed E-state index contributed by atoms with van der Waals surface area (Å²) in [5.74, 6) is -5.00. The Morgan fingerprint density at radius 1 is 1.18 bits per heavy atom. The van der Waals surface area contributed by atoms with Gasteiger partial charge in [0.25, 0.3) is 0 Å². The van der Waals surface area contributed by atoms with Crippen molar-refractivity contribution in [3.8, 4) is 5.75 Å². The molecule has 4 atom stereocenters. The first-order chi connectivity index (χ1) is 15.5. The maximum absolute atomic E-state index is 13.7. The summed E-state index contributed by atoms with van der Waals surface area (Å²) in [6.45, 7) is 3.70. The molecule has 174 valence electrons. The number of phenolic OH excluding ortho intramolecular Hbond substituents is 1. The third-order valence-electron chi connectivity index (χ3n) is 6.24. The Balaban J connectivity index is 1.91. The van der Waals surface area contributed by atoms with Crippen molar-refractivity contribution in [1.82, 2.24) is 5.32 Å². The van der Waals surface area contributed by atoms with Crippen LogP contribution in [0.25, 0.3) is 0 Å². The smallest absolute Gasteiger partial charge is 0.324 e. The van der Waals surface area contributed by atoms with E-state index in [1.54, 1.807) is 24.3 Å². The molecule has 7 nitrogen and oxygen atoms in total. The molecule has 0 spiro atoms. The molecule has 4 rings (SSSR count). The molecule has 3 N–H and O–H groups in total. The largest absolute Gasteiger partial charge is 0.506 e. The van der Waals surface area contributed by atoms with E-state index in [2.05, 4.69) is 27.9 Å². The van der Waals surface area contributed by atoms with E-state index in [0.717, 1.165) is 8.47 Å². The highest BCUT2D eigenvalue weighted by molar-refractivity contribution is 14.1. The molecule has 2 aromatic rings. The molecule has 2 aliphatic heterocycles. The lowest BCUT2D eigenvalue weighted by molar-refractivity contribution is -0.149. The van der Waals surface area contributed by atoms with Crippen molar-refractivity contribution in [3.63, 3.8) is 0 Å². The normalized spacial score (nSPS) is 26.8. The van der Waals surface area contributed by atoms with E-state index in [4.69, 9.17) is 23.2 Å².